The van der Waals surface area contributed by atoms with E-state index in [1.807, 2.05) is 25.1 Å². The number of nitrogens with one attached hydrogen (secondary N) is 3. The van der Waals surface area contributed by atoms with Crippen molar-refractivity contribution < 1.29 is 8.42 Å². The van der Waals surface area contributed by atoms with Crippen LogP contribution in [0.1, 0.15) is 12.2 Å². The van der Waals surface area contributed by atoms with E-state index in [0.717, 1.165) is 36.4 Å². The number of rotatable bonds is 9. The molecule has 2 aromatic heterocycles. The second-order valence-electron chi connectivity index (χ2n) is 6.67. The van der Waals surface area contributed by atoms with Gasteiger partial charge < -0.3 is 15.2 Å². The Morgan fingerprint density at radius 2 is 1.90 bits per heavy atom. The predicted octanol–water partition coefficient (Wildman–Crippen LogP) is 1.27. The molecule has 0 bridgehead atoms. The summed E-state index contributed by atoms with van der Waals surface area (Å²) in [6, 6.07) is 11.2. The number of hydrogen-bond donors (Lipinski definition) is 3. The summed E-state index contributed by atoms with van der Waals surface area (Å²) in [5.41, 5.74) is 2.15. The normalized spacial score (nSPS) is 12.3. The van der Waals surface area contributed by atoms with E-state index in [4.69, 9.17) is 0 Å². The van der Waals surface area contributed by atoms with Gasteiger partial charge >= 0.3 is 0 Å². The van der Waals surface area contributed by atoms with Gasteiger partial charge in [0.15, 0.2) is 5.96 Å². The molecule has 9 nitrogen and oxygen atoms in total. The number of aromatic nitrogens is 3. The molecule has 0 aliphatic heterocycles. The summed E-state index contributed by atoms with van der Waals surface area (Å²) < 4.78 is 29.1. The molecular weight excluding hydrogens is 402 g/mol. The molecule has 0 atom stereocenters. The maximum absolute atomic E-state index is 12.2. The molecule has 0 amide bonds. The molecule has 10 heteroatoms. The van der Waals surface area contributed by atoms with Crippen molar-refractivity contribution in [3.63, 3.8) is 0 Å². The molecule has 0 radical (unpaired) electrons. The molecule has 0 fully saturated rings. The van der Waals surface area contributed by atoms with E-state index in [2.05, 4.69) is 40.9 Å². The molecule has 0 unspecified atom stereocenters. The van der Waals surface area contributed by atoms with Crippen molar-refractivity contribution >= 4 is 27.0 Å². The molecule has 3 N–H and O–H groups in total. The molecule has 1 aromatic carbocycles. The van der Waals surface area contributed by atoms with E-state index in [-0.39, 0.29) is 11.4 Å². The fourth-order valence-corrected chi connectivity index (χ4v) is 4.09. The second-order valence-corrected chi connectivity index (χ2v) is 8.43. The number of guanidine groups is 1. The summed E-state index contributed by atoms with van der Waals surface area (Å²) >= 11 is 0. The second kappa shape index (κ2) is 10.2. The number of benzene rings is 1. The van der Waals surface area contributed by atoms with Crippen LogP contribution in [-0.2, 0) is 16.6 Å². The molecule has 2 heterocycles. The van der Waals surface area contributed by atoms with Crippen LogP contribution in [0.15, 0.2) is 58.7 Å². The van der Waals surface area contributed by atoms with E-state index in [0.29, 0.717) is 12.5 Å². The van der Waals surface area contributed by atoms with Crippen LogP contribution in [0.2, 0.25) is 0 Å². The Bertz CT molecular complexity index is 1090. The molecule has 0 spiro atoms. The van der Waals surface area contributed by atoms with Gasteiger partial charge in [-0.1, -0.05) is 12.1 Å². The number of fused-ring (bicyclic) bond motifs is 1. The molecule has 0 saturated carbocycles. The third kappa shape index (κ3) is 5.55. The monoisotopic (exact) mass is 429 g/mol. The van der Waals surface area contributed by atoms with Crippen LogP contribution in [0.3, 0.4) is 0 Å². The Hall–Kier alpha value is -2.98. The van der Waals surface area contributed by atoms with Gasteiger partial charge in [0, 0.05) is 45.6 Å². The first kappa shape index (κ1) is 21.7. The summed E-state index contributed by atoms with van der Waals surface area (Å²) in [7, 11) is -1.87. The van der Waals surface area contributed by atoms with Gasteiger partial charge in [-0.15, -0.1) is 0 Å². The van der Waals surface area contributed by atoms with Crippen LogP contribution in [0.5, 0.6) is 0 Å². The molecule has 3 aromatic rings. The van der Waals surface area contributed by atoms with E-state index in [1.54, 1.807) is 13.1 Å². The number of para-hydroxylation sites is 2. The van der Waals surface area contributed by atoms with E-state index < -0.39 is 10.0 Å². The molecule has 3 rings (SSSR count). The van der Waals surface area contributed by atoms with Crippen molar-refractivity contribution in [1.82, 2.24) is 29.9 Å². The molecule has 160 valence electrons. The summed E-state index contributed by atoms with van der Waals surface area (Å²) in [6.45, 7) is 4.23. The van der Waals surface area contributed by atoms with Crippen LogP contribution < -0.4 is 15.4 Å². The van der Waals surface area contributed by atoms with Crippen LogP contribution in [0.25, 0.3) is 11.0 Å². The maximum atomic E-state index is 12.2. The summed E-state index contributed by atoms with van der Waals surface area (Å²) in [5, 5.41) is 6.35. The first-order valence-electron chi connectivity index (χ1n) is 9.77. The summed E-state index contributed by atoms with van der Waals surface area (Å²) in [5.74, 6) is 1.63. The highest BCUT2D eigenvalue weighted by Gasteiger charge is 2.12. The summed E-state index contributed by atoms with van der Waals surface area (Å²) in [6.07, 6.45) is 3.75. The van der Waals surface area contributed by atoms with Crippen molar-refractivity contribution in [2.45, 2.75) is 24.8 Å². The van der Waals surface area contributed by atoms with Crippen molar-refractivity contribution in [3.8, 4) is 0 Å². The number of aliphatic imine (C=N–C) groups is 1. The minimum absolute atomic E-state index is 0.148. The fraction of sp³-hybridized carbons (Fsp3) is 0.350. The smallest absolute Gasteiger partial charge is 0.242 e. The number of pyridine rings is 1. The molecule has 0 aliphatic carbocycles. The third-order valence-corrected chi connectivity index (χ3v) is 6.02. The van der Waals surface area contributed by atoms with Gasteiger partial charge in [-0.2, -0.15) is 0 Å². The highest BCUT2D eigenvalue weighted by Crippen LogP contribution is 2.15. The Morgan fingerprint density at radius 3 is 2.67 bits per heavy atom. The fourth-order valence-electron chi connectivity index (χ4n) is 3.10. The molecule has 30 heavy (non-hydrogen) atoms. The average Bonchev–Trinajstić information content (AvgIpc) is 3.08. The number of aryl methyl sites for hydroxylation is 2. The summed E-state index contributed by atoms with van der Waals surface area (Å²) in [4.78, 5) is 12.7. The number of hydrogen-bond acceptors (Lipinski definition) is 5. The molecule has 0 saturated heterocycles. The average molecular weight is 430 g/mol. The largest absolute Gasteiger partial charge is 0.356 e. The van der Waals surface area contributed by atoms with Gasteiger partial charge in [0.2, 0.25) is 10.0 Å². The van der Waals surface area contributed by atoms with Gasteiger partial charge in [-0.05, 0) is 37.6 Å². The maximum Gasteiger partial charge on any atom is 0.242 e. The lowest BCUT2D eigenvalue weighted by Crippen LogP contribution is -2.41. The Morgan fingerprint density at radius 1 is 1.10 bits per heavy atom. The van der Waals surface area contributed by atoms with Gasteiger partial charge in [-0.25, -0.2) is 18.1 Å². The van der Waals surface area contributed by atoms with E-state index in [9.17, 15) is 8.42 Å². The zero-order chi connectivity index (χ0) is 21.4. The zero-order valence-electron chi connectivity index (χ0n) is 17.2. The van der Waals surface area contributed by atoms with E-state index in [1.165, 1.54) is 18.5 Å². The minimum Gasteiger partial charge on any atom is -0.356 e. The molecular formula is C20H27N7O2S. The van der Waals surface area contributed by atoms with Gasteiger partial charge in [0.25, 0.3) is 0 Å². The minimum atomic E-state index is -3.55. The first-order chi connectivity index (χ1) is 14.5. The van der Waals surface area contributed by atoms with Crippen LogP contribution in [-0.4, -0.2) is 55.6 Å². The van der Waals surface area contributed by atoms with Gasteiger partial charge in [-0.3, -0.25) is 9.98 Å². The van der Waals surface area contributed by atoms with Crippen molar-refractivity contribution in [1.29, 1.82) is 0 Å². The number of sulfonamides is 1. The number of nitrogens with zero attached hydrogens (tertiary/aromatic N) is 4. The predicted molar refractivity (Wildman–Crippen MR) is 118 cm³/mol. The molecule has 0 aliphatic rings. The highest BCUT2D eigenvalue weighted by atomic mass is 32.2. The van der Waals surface area contributed by atoms with Crippen LogP contribution in [0.4, 0.5) is 0 Å². The quantitative estimate of drug-likeness (QED) is 0.268. The van der Waals surface area contributed by atoms with Crippen molar-refractivity contribution in [2.75, 3.05) is 26.7 Å². The van der Waals surface area contributed by atoms with Crippen molar-refractivity contribution in [2.24, 2.45) is 4.99 Å². The lowest BCUT2D eigenvalue weighted by Gasteiger charge is -2.13. The van der Waals surface area contributed by atoms with Crippen molar-refractivity contribution in [3.05, 3.63) is 54.6 Å². The lowest BCUT2D eigenvalue weighted by atomic mass is 10.3. The van der Waals surface area contributed by atoms with Gasteiger partial charge in [0.05, 0.1) is 11.0 Å². The Labute approximate surface area is 176 Å². The van der Waals surface area contributed by atoms with E-state index >= 15 is 0 Å². The van der Waals surface area contributed by atoms with Crippen LogP contribution in [0, 0.1) is 6.92 Å². The third-order valence-electron chi connectivity index (χ3n) is 4.57. The topological polar surface area (TPSA) is 113 Å². The Balaban J connectivity index is 1.39. The van der Waals surface area contributed by atoms with Crippen LogP contribution >= 0.6 is 0 Å². The highest BCUT2D eigenvalue weighted by molar-refractivity contribution is 7.89. The SMILES string of the molecule is CN=C(NCCCn1c(C)nc2ccccc21)NCCNS(=O)(=O)c1cccnc1. The number of imidazole rings is 1. The lowest BCUT2D eigenvalue weighted by molar-refractivity contribution is 0.579. The Kier molecular flexibility index (Phi) is 7.36. The first-order valence-corrected chi connectivity index (χ1v) is 11.3. The van der Waals surface area contributed by atoms with Gasteiger partial charge in [0.1, 0.15) is 10.7 Å². The zero-order valence-corrected chi connectivity index (χ0v) is 18.0. The standard InChI is InChI=1S/C20H27N7O2S/c1-16-26-18-8-3-4-9-19(18)27(16)14-6-11-23-20(21-2)24-12-13-25-30(28,29)17-7-5-10-22-15-17/h3-5,7-10,15,25H,6,11-14H2,1-2H3,(H2,21,23,24).